The number of carboxylic acid groups (broad SMARTS) is 1. The third kappa shape index (κ3) is 4.09. The van der Waals surface area contributed by atoms with Crippen molar-refractivity contribution in [2.24, 2.45) is 0 Å². The van der Waals surface area contributed by atoms with Gasteiger partial charge < -0.3 is 10.0 Å². The van der Waals surface area contributed by atoms with Gasteiger partial charge in [-0.1, -0.05) is 74.8 Å². The molecule has 1 aromatic rings. The largest absolute Gasteiger partial charge is 0.480 e. The van der Waals surface area contributed by atoms with E-state index in [-0.39, 0.29) is 15.1 Å². The van der Waals surface area contributed by atoms with Crippen molar-refractivity contribution in [1.82, 2.24) is 4.90 Å². The fraction of sp³-hybridized carbons (Fsp3) is 0.429. The van der Waals surface area contributed by atoms with Gasteiger partial charge in [0.2, 0.25) is 0 Å². The fourth-order valence-corrected chi connectivity index (χ4v) is 5.06. The molecule has 1 atom stereocenters. The SMILES string of the molecule is CCCCCCCN1C(=O)/C(=C2\SC(=S)N([C@@H](C)C(=O)O)C2=O)c2ccccc21. The molecule has 1 saturated heterocycles. The summed E-state index contributed by atoms with van der Waals surface area (Å²) in [6, 6.07) is 6.33. The number of amides is 2. The summed E-state index contributed by atoms with van der Waals surface area (Å²) in [6.07, 6.45) is 5.42. The highest BCUT2D eigenvalue weighted by molar-refractivity contribution is 8.26. The van der Waals surface area contributed by atoms with Gasteiger partial charge >= 0.3 is 5.97 Å². The second kappa shape index (κ2) is 9.09. The van der Waals surface area contributed by atoms with Crippen LogP contribution in [-0.2, 0) is 14.4 Å². The Morgan fingerprint density at radius 2 is 1.83 bits per heavy atom. The summed E-state index contributed by atoms with van der Waals surface area (Å²) in [5, 5.41) is 9.29. The van der Waals surface area contributed by atoms with E-state index in [4.69, 9.17) is 12.2 Å². The minimum Gasteiger partial charge on any atom is -0.480 e. The molecule has 2 amide bonds. The van der Waals surface area contributed by atoms with E-state index in [0.29, 0.717) is 17.7 Å². The van der Waals surface area contributed by atoms with Gasteiger partial charge in [0, 0.05) is 12.1 Å². The van der Waals surface area contributed by atoms with Crippen LogP contribution in [0.5, 0.6) is 0 Å². The van der Waals surface area contributed by atoms with E-state index in [0.717, 1.165) is 48.0 Å². The summed E-state index contributed by atoms with van der Waals surface area (Å²) in [7, 11) is 0. The third-order valence-electron chi connectivity index (χ3n) is 5.18. The second-order valence-electron chi connectivity index (χ2n) is 7.15. The van der Waals surface area contributed by atoms with Crippen LogP contribution in [0, 0.1) is 0 Å². The Kier molecular flexibility index (Phi) is 6.74. The van der Waals surface area contributed by atoms with E-state index < -0.39 is 17.9 Å². The van der Waals surface area contributed by atoms with Gasteiger partial charge in [0.05, 0.1) is 16.2 Å². The number of thioether (sulfide) groups is 1. The first-order valence-electron chi connectivity index (χ1n) is 9.82. The number of nitrogens with zero attached hydrogens (tertiary/aromatic N) is 2. The number of aliphatic carboxylic acids is 1. The minimum absolute atomic E-state index is 0.163. The average Bonchev–Trinajstić information content (AvgIpc) is 3.13. The molecule has 1 aromatic carbocycles. The number of carboxylic acids is 1. The average molecular weight is 433 g/mol. The number of carbonyl (C=O) groups is 3. The highest BCUT2D eigenvalue weighted by atomic mass is 32.2. The first kappa shape index (κ1) is 21.5. The van der Waals surface area contributed by atoms with E-state index in [1.54, 1.807) is 4.90 Å². The lowest BCUT2D eigenvalue weighted by Crippen LogP contribution is -2.41. The molecule has 8 heteroatoms. The van der Waals surface area contributed by atoms with Crippen LogP contribution in [-0.4, -0.2) is 44.7 Å². The zero-order valence-corrected chi connectivity index (χ0v) is 18.1. The number of hydrogen-bond donors (Lipinski definition) is 1. The number of para-hydroxylation sites is 1. The van der Waals surface area contributed by atoms with Crippen molar-refractivity contribution in [3.63, 3.8) is 0 Å². The van der Waals surface area contributed by atoms with Crippen molar-refractivity contribution >= 4 is 57.3 Å². The molecule has 3 rings (SSSR count). The van der Waals surface area contributed by atoms with Crippen molar-refractivity contribution in [3.8, 4) is 0 Å². The molecule has 0 spiro atoms. The van der Waals surface area contributed by atoms with E-state index in [1.807, 2.05) is 24.3 Å². The summed E-state index contributed by atoms with van der Waals surface area (Å²) in [4.78, 5) is 40.6. The maximum atomic E-state index is 13.3. The predicted octanol–water partition coefficient (Wildman–Crippen LogP) is 4.05. The van der Waals surface area contributed by atoms with Gasteiger partial charge in [0.1, 0.15) is 10.4 Å². The second-order valence-corrected chi connectivity index (χ2v) is 8.79. The third-order valence-corrected chi connectivity index (χ3v) is 6.58. The smallest absolute Gasteiger partial charge is 0.326 e. The van der Waals surface area contributed by atoms with E-state index in [9.17, 15) is 19.5 Å². The molecular weight excluding hydrogens is 408 g/mol. The maximum Gasteiger partial charge on any atom is 0.326 e. The summed E-state index contributed by atoms with van der Waals surface area (Å²) in [5.74, 6) is -1.87. The number of benzene rings is 1. The molecule has 0 aliphatic carbocycles. The number of hydrogen-bond acceptors (Lipinski definition) is 5. The molecule has 2 heterocycles. The van der Waals surface area contributed by atoms with Crippen molar-refractivity contribution in [2.75, 3.05) is 11.4 Å². The lowest BCUT2D eigenvalue weighted by molar-refractivity contribution is -0.144. The predicted molar refractivity (Wildman–Crippen MR) is 119 cm³/mol. The van der Waals surface area contributed by atoms with E-state index >= 15 is 0 Å². The van der Waals surface area contributed by atoms with Crippen LogP contribution in [0.25, 0.3) is 5.57 Å². The number of thiocarbonyl (C=S) groups is 1. The first-order valence-corrected chi connectivity index (χ1v) is 11.0. The Labute approximate surface area is 179 Å². The number of unbranched alkanes of at least 4 members (excludes halogenated alkanes) is 4. The number of rotatable bonds is 8. The van der Waals surface area contributed by atoms with Crippen molar-refractivity contribution in [1.29, 1.82) is 0 Å². The van der Waals surface area contributed by atoms with Crippen LogP contribution < -0.4 is 4.90 Å². The summed E-state index contributed by atoms with van der Waals surface area (Å²) in [5.41, 5.74) is 1.82. The normalized spacial score (nSPS) is 19.9. The lowest BCUT2D eigenvalue weighted by Gasteiger charge is -2.19. The molecule has 154 valence electrons. The summed E-state index contributed by atoms with van der Waals surface area (Å²) in [6.45, 7) is 4.16. The Morgan fingerprint density at radius 1 is 1.14 bits per heavy atom. The molecule has 0 radical (unpaired) electrons. The maximum absolute atomic E-state index is 13.3. The molecule has 0 aromatic heterocycles. The van der Waals surface area contributed by atoms with E-state index in [1.165, 1.54) is 13.3 Å². The zero-order chi connectivity index (χ0) is 21.1. The van der Waals surface area contributed by atoms with Crippen LogP contribution in [0.4, 0.5) is 5.69 Å². The Morgan fingerprint density at radius 3 is 2.52 bits per heavy atom. The Bertz CT molecular complexity index is 896. The van der Waals surface area contributed by atoms with E-state index in [2.05, 4.69) is 6.92 Å². The summed E-state index contributed by atoms with van der Waals surface area (Å²) < 4.78 is 0.163. The number of fused-ring (bicyclic) bond motifs is 1. The number of anilines is 1. The van der Waals surface area contributed by atoms with Gasteiger partial charge in [-0.15, -0.1) is 0 Å². The van der Waals surface area contributed by atoms with Gasteiger partial charge in [0.25, 0.3) is 11.8 Å². The van der Waals surface area contributed by atoms with Crippen LogP contribution in [0.3, 0.4) is 0 Å². The van der Waals surface area contributed by atoms with Crippen LogP contribution in [0.15, 0.2) is 29.2 Å². The van der Waals surface area contributed by atoms with Crippen molar-refractivity contribution in [2.45, 2.75) is 52.0 Å². The topological polar surface area (TPSA) is 77.9 Å². The van der Waals surface area contributed by atoms with Crippen LogP contribution in [0.1, 0.15) is 51.5 Å². The molecule has 29 heavy (non-hydrogen) atoms. The highest BCUT2D eigenvalue weighted by Crippen LogP contribution is 2.45. The molecule has 2 aliphatic rings. The fourth-order valence-electron chi connectivity index (χ4n) is 3.57. The Balaban J connectivity index is 1.92. The first-order chi connectivity index (χ1) is 13.9. The summed E-state index contributed by atoms with van der Waals surface area (Å²) >= 11 is 6.25. The van der Waals surface area contributed by atoms with Crippen molar-refractivity contribution < 1.29 is 19.5 Å². The standard InChI is InChI=1S/C21H24N2O4S2/c1-3-4-5-6-9-12-22-15-11-8-7-10-14(15)16(18(22)24)17-19(25)23(21(28)29-17)13(2)20(26)27/h7-8,10-11,13H,3-6,9,12H2,1-2H3,(H,26,27)/b17-16-/t13-/m0/s1. The molecule has 2 aliphatic heterocycles. The minimum atomic E-state index is -1.14. The van der Waals surface area contributed by atoms with Gasteiger partial charge in [-0.2, -0.15) is 0 Å². The van der Waals surface area contributed by atoms with Crippen molar-refractivity contribution in [3.05, 3.63) is 34.7 Å². The molecule has 1 fully saturated rings. The van der Waals surface area contributed by atoms with Gasteiger partial charge in [0.15, 0.2) is 0 Å². The Hall–Kier alpha value is -2.19. The van der Waals surface area contributed by atoms with Crippen LogP contribution >= 0.6 is 24.0 Å². The monoisotopic (exact) mass is 432 g/mol. The van der Waals surface area contributed by atoms with Gasteiger partial charge in [-0.25, -0.2) is 4.79 Å². The van der Waals surface area contributed by atoms with Gasteiger partial charge in [-0.3, -0.25) is 14.5 Å². The molecule has 0 saturated carbocycles. The van der Waals surface area contributed by atoms with Crippen LogP contribution in [0.2, 0.25) is 0 Å². The highest BCUT2D eigenvalue weighted by Gasteiger charge is 2.44. The molecular formula is C21H24N2O4S2. The van der Waals surface area contributed by atoms with Gasteiger partial charge in [-0.05, 0) is 19.4 Å². The molecule has 0 bridgehead atoms. The lowest BCUT2D eigenvalue weighted by atomic mass is 10.1. The quantitative estimate of drug-likeness (QED) is 0.379. The number of carbonyl (C=O) groups excluding carboxylic acids is 2. The molecule has 0 unspecified atom stereocenters. The zero-order valence-electron chi connectivity index (χ0n) is 16.5. The molecule has 1 N–H and O–H groups in total. The molecule has 6 nitrogen and oxygen atoms in total.